The highest BCUT2D eigenvalue weighted by molar-refractivity contribution is 5.76. The van der Waals surface area contributed by atoms with Crippen molar-refractivity contribution in [3.8, 4) is 0 Å². The topological polar surface area (TPSA) is 59.1 Å². The van der Waals surface area contributed by atoms with E-state index in [1.54, 1.807) is 0 Å². The Balaban J connectivity index is 1.82. The quantitative estimate of drug-likeness (QED) is 0.374. The van der Waals surface area contributed by atoms with E-state index in [2.05, 4.69) is 0 Å². The largest absolute Gasteiger partial charge is 0.388 e. The number of nitrogens with two attached hydrogens (primary N) is 1. The van der Waals surface area contributed by atoms with E-state index in [1.807, 2.05) is 0 Å². The summed E-state index contributed by atoms with van der Waals surface area (Å²) in [7, 11) is 0. The van der Waals surface area contributed by atoms with Crippen LogP contribution in [-0.4, -0.2) is 19.0 Å². The molecular weight excluding hydrogens is 176 g/mol. The molecule has 0 aliphatic heterocycles. The smallest absolute Gasteiger partial charge is 0.0905 e. The molecule has 1 aliphatic rings. The Labute approximate surface area is 86.5 Å². The Morgan fingerprint density at radius 2 is 2.00 bits per heavy atom. The van der Waals surface area contributed by atoms with Crippen LogP contribution in [-0.2, 0) is 4.74 Å². The zero-order chi connectivity index (χ0) is 10.2. The average Bonchev–Trinajstić information content (AvgIpc) is 2.63. The highest BCUT2D eigenvalue weighted by Crippen LogP contribution is 2.24. The van der Waals surface area contributed by atoms with Gasteiger partial charge in [0.15, 0.2) is 0 Å². The maximum atomic E-state index is 7.05. The molecule has 0 aromatic heterocycles. The highest BCUT2D eigenvalue weighted by atomic mass is 16.5. The minimum Gasteiger partial charge on any atom is -0.388 e. The van der Waals surface area contributed by atoms with Gasteiger partial charge in [-0.3, -0.25) is 5.41 Å². The fourth-order valence-corrected chi connectivity index (χ4v) is 1.95. The standard InChI is InChI=1S/C11H22N2O/c12-11(13)7-3-4-8-14-9-10-5-1-2-6-10/h10H,1-9H2,(H3,12,13). The molecule has 0 saturated heterocycles. The summed E-state index contributed by atoms with van der Waals surface area (Å²) in [6, 6.07) is 0. The fourth-order valence-electron chi connectivity index (χ4n) is 1.95. The van der Waals surface area contributed by atoms with E-state index < -0.39 is 0 Å². The Morgan fingerprint density at radius 1 is 1.29 bits per heavy atom. The predicted molar refractivity (Wildman–Crippen MR) is 58.5 cm³/mol. The van der Waals surface area contributed by atoms with Crippen molar-refractivity contribution in [3.05, 3.63) is 0 Å². The first-order valence-corrected chi connectivity index (χ1v) is 5.69. The molecule has 0 heterocycles. The summed E-state index contributed by atoms with van der Waals surface area (Å²) in [6.45, 7) is 1.78. The molecule has 0 amide bonds. The Morgan fingerprint density at radius 3 is 2.64 bits per heavy atom. The van der Waals surface area contributed by atoms with Crippen LogP contribution in [0.4, 0.5) is 0 Å². The van der Waals surface area contributed by atoms with Crippen LogP contribution in [0, 0.1) is 11.3 Å². The molecule has 1 rings (SSSR count). The number of hydrogen-bond acceptors (Lipinski definition) is 2. The van der Waals surface area contributed by atoms with Crippen LogP contribution in [0.15, 0.2) is 0 Å². The normalized spacial score (nSPS) is 17.4. The van der Waals surface area contributed by atoms with Crippen LogP contribution < -0.4 is 5.73 Å². The van der Waals surface area contributed by atoms with Crippen molar-refractivity contribution in [2.24, 2.45) is 11.7 Å². The van der Waals surface area contributed by atoms with E-state index in [9.17, 15) is 0 Å². The summed E-state index contributed by atoms with van der Waals surface area (Å²) in [5.74, 6) is 1.11. The van der Waals surface area contributed by atoms with Gasteiger partial charge in [0, 0.05) is 19.6 Å². The van der Waals surface area contributed by atoms with Crippen LogP contribution in [0.5, 0.6) is 0 Å². The van der Waals surface area contributed by atoms with Gasteiger partial charge in [0.05, 0.1) is 5.84 Å². The molecule has 14 heavy (non-hydrogen) atoms. The SMILES string of the molecule is N=C(N)CCCCOCC1CCCC1. The maximum absolute atomic E-state index is 7.05. The van der Waals surface area contributed by atoms with Crippen molar-refractivity contribution in [2.45, 2.75) is 44.9 Å². The van der Waals surface area contributed by atoms with Gasteiger partial charge in [-0.1, -0.05) is 12.8 Å². The Bertz CT molecular complexity index is 165. The highest BCUT2D eigenvalue weighted by Gasteiger charge is 2.14. The number of rotatable bonds is 7. The molecule has 1 saturated carbocycles. The van der Waals surface area contributed by atoms with Crippen molar-refractivity contribution in [1.29, 1.82) is 5.41 Å². The molecule has 3 N–H and O–H groups in total. The fraction of sp³-hybridized carbons (Fsp3) is 0.909. The third-order valence-electron chi connectivity index (χ3n) is 2.81. The molecule has 0 aromatic carbocycles. The van der Waals surface area contributed by atoms with E-state index in [0.717, 1.165) is 32.0 Å². The predicted octanol–water partition coefficient (Wildman–Crippen LogP) is 2.30. The van der Waals surface area contributed by atoms with Gasteiger partial charge in [0.25, 0.3) is 0 Å². The Hall–Kier alpha value is -0.570. The van der Waals surface area contributed by atoms with Gasteiger partial charge in [-0.2, -0.15) is 0 Å². The summed E-state index contributed by atoms with van der Waals surface area (Å²) >= 11 is 0. The van der Waals surface area contributed by atoms with Crippen molar-refractivity contribution in [3.63, 3.8) is 0 Å². The minimum absolute atomic E-state index is 0.292. The number of ether oxygens (including phenoxy) is 1. The van der Waals surface area contributed by atoms with Crippen molar-refractivity contribution in [1.82, 2.24) is 0 Å². The lowest BCUT2D eigenvalue weighted by atomic mass is 10.1. The van der Waals surface area contributed by atoms with Gasteiger partial charge >= 0.3 is 0 Å². The van der Waals surface area contributed by atoms with Gasteiger partial charge in [0.1, 0.15) is 0 Å². The third kappa shape index (κ3) is 5.22. The summed E-state index contributed by atoms with van der Waals surface area (Å²) < 4.78 is 5.59. The van der Waals surface area contributed by atoms with Crippen LogP contribution in [0.3, 0.4) is 0 Å². The molecule has 3 nitrogen and oxygen atoms in total. The molecule has 82 valence electrons. The first kappa shape index (κ1) is 11.5. The molecule has 0 aromatic rings. The molecule has 1 aliphatic carbocycles. The summed E-state index contributed by atoms with van der Waals surface area (Å²) in [4.78, 5) is 0. The first-order chi connectivity index (χ1) is 6.79. The number of unbranched alkanes of at least 4 members (excludes halogenated alkanes) is 1. The van der Waals surface area contributed by atoms with Gasteiger partial charge < -0.3 is 10.5 Å². The summed E-state index contributed by atoms with van der Waals surface area (Å²) in [5.41, 5.74) is 5.25. The van der Waals surface area contributed by atoms with Crippen molar-refractivity contribution < 1.29 is 4.74 Å². The lowest BCUT2D eigenvalue weighted by Crippen LogP contribution is -2.10. The van der Waals surface area contributed by atoms with E-state index in [0.29, 0.717) is 12.3 Å². The van der Waals surface area contributed by atoms with Crippen LogP contribution in [0.25, 0.3) is 0 Å². The van der Waals surface area contributed by atoms with Crippen molar-refractivity contribution in [2.75, 3.05) is 13.2 Å². The van der Waals surface area contributed by atoms with Gasteiger partial charge in [-0.15, -0.1) is 0 Å². The summed E-state index contributed by atoms with van der Waals surface area (Å²) in [6.07, 6.45) is 8.22. The second kappa shape index (κ2) is 6.82. The molecule has 0 radical (unpaired) electrons. The van der Waals surface area contributed by atoms with Crippen LogP contribution in [0.2, 0.25) is 0 Å². The third-order valence-corrected chi connectivity index (χ3v) is 2.81. The minimum atomic E-state index is 0.292. The number of amidine groups is 1. The maximum Gasteiger partial charge on any atom is 0.0905 e. The number of nitrogens with one attached hydrogen (secondary N) is 1. The summed E-state index contributed by atoms with van der Waals surface area (Å²) in [5, 5.41) is 7.05. The van der Waals surface area contributed by atoms with E-state index in [1.165, 1.54) is 25.7 Å². The Kier molecular flexibility index (Phi) is 5.60. The van der Waals surface area contributed by atoms with Gasteiger partial charge in [-0.25, -0.2) is 0 Å². The van der Waals surface area contributed by atoms with Crippen LogP contribution in [0.1, 0.15) is 44.9 Å². The second-order valence-corrected chi connectivity index (χ2v) is 4.21. The first-order valence-electron chi connectivity index (χ1n) is 5.69. The molecule has 1 fully saturated rings. The zero-order valence-electron chi connectivity index (χ0n) is 8.93. The molecule has 0 spiro atoms. The second-order valence-electron chi connectivity index (χ2n) is 4.21. The average molecular weight is 198 g/mol. The molecule has 3 heteroatoms. The van der Waals surface area contributed by atoms with Gasteiger partial charge in [-0.05, 0) is 31.6 Å². The molecule has 0 bridgehead atoms. The lowest BCUT2D eigenvalue weighted by molar-refractivity contribution is 0.0985. The van der Waals surface area contributed by atoms with Crippen molar-refractivity contribution >= 4 is 5.84 Å². The molecule has 0 atom stereocenters. The monoisotopic (exact) mass is 198 g/mol. The van der Waals surface area contributed by atoms with E-state index in [4.69, 9.17) is 15.9 Å². The van der Waals surface area contributed by atoms with E-state index in [-0.39, 0.29) is 0 Å². The molecule has 0 unspecified atom stereocenters. The zero-order valence-corrected chi connectivity index (χ0v) is 8.93. The molecular formula is C11H22N2O. The van der Waals surface area contributed by atoms with E-state index >= 15 is 0 Å². The number of hydrogen-bond donors (Lipinski definition) is 2. The lowest BCUT2D eigenvalue weighted by Gasteiger charge is -2.09. The van der Waals surface area contributed by atoms with Gasteiger partial charge in [0.2, 0.25) is 0 Å². The van der Waals surface area contributed by atoms with Crippen LogP contribution >= 0.6 is 0 Å².